The number of anilines is 1. The molecule has 19 heavy (non-hydrogen) atoms. The lowest BCUT2D eigenvalue weighted by Crippen LogP contribution is -2.44. The third-order valence-electron chi connectivity index (χ3n) is 3.32. The molecule has 5 heteroatoms. The van der Waals surface area contributed by atoms with Gasteiger partial charge < -0.3 is 10.6 Å². The van der Waals surface area contributed by atoms with E-state index in [1.54, 1.807) is 0 Å². The lowest BCUT2D eigenvalue weighted by molar-refractivity contribution is 0.641. The molecule has 0 bridgehead atoms. The Bertz CT molecular complexity index is 510. The Morgan fingerprint density at radius 3 is 2.74 bits per heavy atom. The summed E-state index contributed by atoms with van der Waals surface area (Å²) in [5.41, 5.74) is 8.55. The van der Waals surface area contributed by atoms with Crippen molar-refractivity contribution in [3.8, 4) is 0 Å². The van der Waals surface area contributed by atoms with Crippen LogP contribution in [0.3, 0.4) is 0 Å². The van der Waals surface area contributed by atoms with Gasteiger partial charge in [0.25, 0.3) is 0 Å². The van der Waals surface area contributed by atoms with Gasteiger partial charge in [-0.1, -0.05) is 0 Å². The van der Waals surface area contributed by atoms with Gasteiger partial charge in [0.15, 0.2) is 0 Å². The number of nitrogen functional groups attached to an aromatic ring is 1. The molecular formula is C14H22N4S. The lowest BCUT2D eigenvalue weighted by atomic mass is 10.1. The minimum absolute atomic E-state index is 0.107. The summed E-state index contributed by atoms with van der Waals surface area (Å²) in [6.07, 6.45) is 0. The average molecular weight is 278 g/mol. The summed E-state index contributed by atoms with van der Waals surface area (Å²) < 4.78 is 0.214. The maximum absolute atomic E-state index is 7.81. The Labute approximate surface area is 119 Å². The number of hydrogen-bond donors (Lipinski definition) is 2. The summed E-state index contributed by atoms with van der Waals surface area (Å²) in [6, 6.07) is 1.99. The van der Waals surface area contributed by atoms with Gasteiger partial charge in [-0.3, -0.25) is 5.41 Å². The fourth-order valence-corrected chi connectivity index (χ4v) is 3.69. The molecule has 0 spiro atoms. The van der Waals surface area contributed by atoms with Crippen molar-refractivity contribution in [3.63, 3.8) is 0 Å². The molecule has 3 N–H and O–H groups in total. The third kappa shape index (κ3) is 3.03. The molecule has 0 aliphatic carbocycles. The summed E-state index contributed by atoms with van der Waals surface area (Å²) >= 11 is 1.99. The van der Waals surface area contributed by atoms with E-state index in [2.05, 4.69) is 23.7 Å². The Kier molecular flexibility index (Phi) is 3.76. The normalized spacial score (nSPS) is 18.4. The van der Waals surface area contributed by atoms with Crippen molar-refractivity contribution in [2.75, 3.05) is 23.7 Å². The Morgan fingerprint density at radius 1 is 1.47 bits per heavy atom. The summed E-state index contributed by atoms with van der Waals surface area (Å²) in [6.45, 7) is 10.4. The molecule has 1 aromatic heterocycles. The number of rotatable bonds is 2. The van der Waals surface area contributed by atoms with Crippen molar-refractivity contribution in [2.45, 2.75) is 32.4 Å². The molecular weight excluding hydrogens is 256 g/mol. The molecule has 1 fully saturated rings. The predicted molar refractivity (Wildman–Crippen MR) is 83.5 cm³/mol. The number of aromatic nitrogens is 1. The van der Waals surface area contributed by atoms with E-state index in [-0.39, 0.29) is 10.6 Å². The maximum atomic E-state index is 7.81. The van der Waals surface area contributed by atoms with Crippen molar-refractivity contribution in [1.29, 1.82) is 5.41 Å². The van der Waals surface area contributed by atoms with Crippen molar-refractivity contribution in [1.82, 2.24) is 4.98 Å². The number of pyridine rings is 1. The lowest BCUT2D eigenvalue weighted by Gasteiger charge is -2.39. The van der Waals surface area contributed by atoms with E-state index in [9.17, 15) is 0 Å². The highest BCUT2D eigenvalue weighted by molar-refractivity contribution is 8.00. The molecule has 1 saturated heterocycles. The van der Waals surface area contributed by atoms with Gasteiger partial charge in [-0.2, -0.15) is 11.8 Å². The van der Waals surface area contributed by atoms with Crippen LogP contribution >= 0.6 is 11.8 Å². The SMILES string of the molecule is Cc1cc(C)c(C(=N)N)c(N2CCSC(C)(C)C2)n1. The van der Waals surface area contributed by atoms with Crippen LogP contribution in [-0.2, 0) is 0 Å². The zero-order chi connectivity index (χ0) is 14.2. The van der Waals surface area contributed by atoms with Gasteiger partial charge in [0.1, 0.15) is 11.7 Å². The van der Waals surface area contributed by atoms with Crippen LogP contribution in [0.1, 0.15) is 30.7 Å². The van der Waals surface area contributed by atoms with Gasteiger partial charge in [0.05, 0.1) is 5.56 Å². The van der Waals surface area contributed by atoms with E-state index in [0.29, 0.717) is 0 Å². The van der Waals surface area contributed by atoms with Crippen LogP contribution in [0.2, 0.25) is 0 Å². The summed E-state index contributed by atoms with van der Waals surface area (Å²) in [5.74, 6) is 2.06. The van der Waals surface area contributed by atoms with E-state index in [1.807, 2.05) is 31.7 Å². The minimum atomic E-state index is 0.107. The first-order chi connectivity index (χ1) is 8.80. The second-order valence-corrected chi connectivity index (χ2v) is 7.52. The molecule has 104 valence electrons. The number of nitrogens with zero attached hydrogens (tertiary/aromatic N) is 2. The number of nitrogens with two attached hydrogens (primary N) is 1. The molecule has 2 heterocycles. The standard InChI is InChI=1S/C14H22N4S/c1-9-7-10(2)17-13(11(9)12(15)16)18-5-6-19-14(3,4)8-18/h7H,5-6,8H2,1-4H3,(H3,15,16). The molecule has 0 atom stereocenters. The van der Waals surface area contributed by atoms with Gasteiger partial charge in [-0.25, -0.2) is 4.98 Å². The smallest absolute Gasteiger partial charge is 0.140 e. The van der Waals surface area contributed by atoms with Crippen molar-refractivity contribution >= 4 is 23.4 Å². The zero-order valence-electron chi connectivity index (χ0n) is 12.1. The summed E-state index contributed by atoms with van der Waals surface area (Å²) in [5, 5.41) is 7.81. The Hall–Kier alpha value is -1.23. The van der Waals surface area contributed by atoms with Gasteiger partial charge >= 0.3 is 0 Å². The van der Waals surface area contributed by atoms with Crippen molar-refractivity contribution in [3.05, 3.63) is 22.9 Å². The van der Waals surface area contributed by atoms with Crippen LogP contribution < -0.4 is 10.6 Å². The molecule has 0 unspecified atom stereocenters. The third-order valence-corrected chi connectivity index (χ3v) is 4.62. The number of hydrogen-bond acceptors (Lipinski definition) is 4. The van der Waals surface area contributed by atoms with Crippen LogP contribution in [0, 0.1) is 19.3 Å². The topological polar surface area (TPSA) is 66.0 Å². The zero-order valence-corrected chi connectivity index (χ0v) is 12.9. The highest BCUT2D eigenvalue weighted by Crippen LogP contribution is 2.33. The molecule has 0 radical (unpaired) electrons. The largest absolute Gasteiger partial charge is 0.384 e. The number of aryl methyl sites for hydroxylation is 2. The first-order valence-electron chi connectivity index (χ1n) is 6.52. The second-order valence-electron chi connectivity index (χ2n) is 5.72. The highest BCUT2D eigenvalue weighted by Gasteiger charge is 2.29. The molecule has 0 saturated carbocycles. The van der Waals surface area contributed by atoms with E-state index in [0.717, 1.165) is 41.5 Å². The van der Waals surface area contributed by atoms with Crippen LogP contribution in [-0.4, -0.2) is 34.4 Å². The second kappa shape index (κ2) is 5.04. The van der Waals surface area contributed by atoms with Crippen molar-refractivity contribution < 1.29 is 0 Å². The number of nitrogens with one attached hydrogen (secondary N) is 1. The number of amidine groups is 1. The minimum Gasteiger partial charge on any atom is -0.384 e. The highest BCUT2D eigenvalue weighted by atomic mass is 32.2. The van der Waals surface area contributed by atoms with Crippen LogP contribution in [0.25, 0.3) is 0 Å². The van der Waals surface area contributed by atoms with Crippen LogP contribution in [0.5, 0.6) is 0 Å². The van der Waals surface area contributed by atoms with Crippen LogP contribution in [0.4, 0.5) is 5.82 Å². The fraction of sp³-hybridized carbons (Fsp3) is 0.571. The quantitative estimate of drug-likeness (QED) is 0.643. The Morgan fingerprint density at radius 2 is 2.16 bits per heavy atom. The van der Waals surface area contributed by atoms with E-state index >= 15 is 0 Å². The maximum Gasteiger partial charge on any atom is 0.140 e. The molecule has 0 aromatic carbocycles. The first-order valence-corrected chi connectivity index (χ1v) is 7.50. The molecule has 4 nitrogen and oxygen atoms in total. The molecule has 1 aromatic rings. The van der Waals surface area contributed by atoms with Crippen molar-refractivity contribution in [2.24, 2.45) is 5.73 Å². The predicted octanol–water partition coefficient (Wildman–Crippen LogP) is 2.31. The summed E-state index contributed by atoms with van der Waals surface area (Å²) in [7, 11) is 0. The molecule has 1 aliphatic heterocycles. The summed E-state index contributed by atoms with van der Waals surface area (Å²) in [4.78, 5) is 6.91. The van der Waals surface area contributed by atoms with Gasteiger partial charge in [0, 0.05) is 29.3 Å². The molecule has 1 aliphatic rings. The van der Waals surface area contributed by atoms with E-state index in [1.165, 1.54) is 0 Å². The van der Waals surface area contributed by atoms with Gasteiger partial charge in [-0.05, 0) is 39.3 Å². The molecule has 2 rings (SSSR count). The molecule has 0 amide bonds. The monoisotopic (exact) mass is 278 g/mol. The van der Waals surface area contributed by atoms with E-state index < -0.39 is 0 Å². The Balaban J connectivity index is 2.46. The van der Waals surface area contributed by atoms with Gasteiger partial charge in [0.2, 0.25) is 0 Å². The van der Waals surface area contributed by atoms with Gasteiger partial charge in [-0.15, -0.1) is 0 Å². The van der Waals surface area contributed by atoms with E-state index in [4.69, 9.17) is 11.1 Å². The fourth-order valence-electron chi connectivity index (χ4n) is 2.58. The first kappa shape index (κ1) is 14.2. The average Bonchev–Trinajstić information content (AvgIpc) is 2.25. The van der Waals surface area contributed by atoms with Crippen LogP contribution in [0.15, 0.2) is 6.07 Å². The number of thioether (sulfide) groups is 1.